The summed E-state index contributed by atoms with van der Waals surface area (Å²) in [5, 5.41) is 0. The van der Waals surface area contributed by atoms with Gasteiger partial charge in [0.15, 0.2) is 0 Å². The van der Waals surface area contributed by atoms with Crippen LogP contribution in [0.15, 0.2) is 0 Å². The molecule has 1 heterocycles. The maximum atomic E-state index is 10.9. The fourth-order valence-corrected chi connectivity index (χ4v) is 1.48. The summed E-state index contributed by atoms with van der Waals surface area (Å²) < 4.78 is 9.84. The van der Waals surface area contributed by atoms with E-state index in [-0.39, 0.29) is 13.1 Å². The summed E-state index contributed by atoms with van der Waals surface area (Å²) >= 11 is 0. The van der Waals surface area contributed by atoms with Crippen molar-refractivity contribution in [3.05, 3.63) is 0 Å². The van der Waals surface area contributed by atoms with Crippen LogP contribution in [0.3, 0.4) is 0 Å². The Kier molecular flexibility index (Phi) is 5.42. The van der Waals surface area contributed by atoms with Gasteiger partial charge in [0, 0.05) is 19.8 Å². The van der Waals surface area contributed by atoms with Crippen molar-refractivity contribution < 1.29 is 19.1 Å². The molecule has 0 spiro atoms. The monoisotopic (exact) mass is 229 g/mol. The summed E-state index contributed by atoms with van der Waals surface area (Å²) in [6, 6.07) is 0. The van der Waals surface area contributed by atoms with Gasteiger partial charge in [0.25, 0.3) is 0 Å². The molecule has 0 aromatic heterocycles. The summed E-state index contributed by atoms with van der Waals surface area (Å²) in [5.41, 5.74) is 0. The van der Waals surface area contributed by atoms with E-state index in [4.69, 9.17) is 4.74 Å². The molecule has 0 saturated carbocycles. The molecule has 0 amide bonds. The average Bonchev–Trinajstić information content (AvgIpc) is 2.15. The molecule has 0 bridgehead atoms. The molecule has 1 saturated heterocycles. The first kappa shape index (κ1) is 13.1. The van der Waals surface area contributed by atoms with E-state index in [1.54, 1.807) is 4.90 Å². The standard InChI is InChI=1S/C11H19NO4/c1-9(2)8-15-5-3-4-12-6-10(13)16-11(14)7-12/h9H,3-8H2,1-2H3. The Morgan fingerprint density at radius 1 is 1.31 bits per heavy atom. The molecule has 5 nitrogen and oxygen atoms in total. The van der Waals surface area contributed by atoms with Gasteiger partial charge in [0.1, 0.15) is 0 Å². The van der Waals surface area contributed by atoms with Crippen LogP contribution >= 0.6 is 0 Å². The van der Waals surface area contributed by atoms with Gasteiger partial charge < -0.3 is 9.47 Å². The molecule has 1 fully saturated rings. The first-order valence-electron chi connectivity index (χ1n) is 5.61. The van der Waals surface area contributed by atoms with Crippen molar-refractivity contribution in [1.29, 1.82) is 0 Å². The number of rotatable bonds is 6. The van der Waals surface area contributed by atoms with Crippen LogP contribution in [0.4, 0.5) is 0 Å². The lowest BCUT2D eigenvalue weighted by molar-refractivity contribution is -0.166. The van der Waals surface area contributed by atoms with Crippen LogP contribution in [0.2, 0.25) is 0 Å². The maximum absolute atomic E-state index is 10.9. The molecule has 0 radical (unpaired) electrons. The third-order valence-corrected chi connectivity index (χ3v) is 2.15. The van der Waals surface area contributed by atoms with Crippen molar-refractivity contribution in [2.45, 2.75) is 20.3 Å². The van der Waals surface area contributed by atoms with Gasteiger partial charge in [-0.05, 0) is 12.3 Å². The number of ether oxygens (including phenoxy) is 2. The van der Waals surface area contributed by atoms with E-state index in [1.165, 1.54) is 0 Å². The van der Waals surface area contributed by atoms with Crippen LogP contribution in [0.1, 0.15) is 20.3 Å². The minimum Gasteiger partial charge on any atom is -0.391 e. The Labute approximate surface area is 95.7 Å². The molecule has 0 atom stereocenters. The zero-order chi connectivity index (χ0) is 12.0. The van der Waals surface area contributed by atoms with E-state index in [2.05, 4.69) is 18.6 Å². The van der Waals surface area contributed by atoms with Crippen LogP contribution in [0.5, 0.6) is 0 Å². The second-order valence-electron chi connectivity index (χ2n) is 4.38. The molecular weight excluding hydrogens is 210 g/mol. The van der Waals surface area contributed by atoms with Gasteiger partial charge in [-0.3, -0.25) is 14.5 Å². The molecule has 0 aromatic rings. The molecule has 0 aromatic carbocycles. The summed E-state index contributed by atoms with van der Waals surface area (Å²) in [6.45, 7) is 6.71. The molecule has 92 valence electrons. The van der Waals surface area contributed by atoms with Gasteiger partial charge in [-0.1, -0.05) is 13.8 Å². The van der Waals surface area contributed by atoms with Crippen molar-refractivity contribution in [2.24, 2.45) is 5.92 Å². The SMILES string of the molecule is CC(C)COCCCN1CC(=O)OC(=O)C1. The number of hydrogen-bond acceptors (Lipinski definition) is 5. The van der Waals surface area contributed by atoms with E-state index >= 15 is 0 Å². The Morgan fingerprint density at radius 3 is 2.50 bits per heavy atom. The first-order valence-corrected chi connectivity index (χ1v) is 5.61. The summed E-state index contributed by atoms with van der Waals surface area (Å²) in [5.74, 6) is -0.384. The number of esters is 2. The molecule has 0 N–H and O–H groups in total. The number of morpholine rings is 1. The topological polar surface area (TPSA) is 55.8 Å². The number of hydrogen-bond donors (Lipinski definition) is 0. The van der Waals surface area contributed by atoms with Gasteiger partial charge in [0.2, 0.25) is 0 Å². The van der Waals surface area contributed by atoms with E-state index in [0.717, 1.165) is 13.0 Å². The minimum atomic E-state index is -0.459. The lowest BCUT2D eigenvalue weighted by atomic mass is 10.2. The Hall–Kier alpha value is -0.940. The highest BCUT2D eigenvalue weighted by molar-refractivity contribution is 5.90. The summed E-state index contributed by atoms with van der Waals surface area (Å²) in [7, 11) is 0. The van der Waals surface area contributed by atoms with Gasteiger partial charge in [0.05, 0.1) is 13.1 Å². The summed E-state index contributed by atoms with van der Waals surface area (Å²) in [6.07, 6.45) is 0.827. The zero-order valence-corrected chi connectivity index (χ0v) is 9.90. The lowest BCUT2D eigenvalue weighted by Crippen LogP contribution is -2.43. The number of cyclic esters (lactones) is 2. The molecular formula is C11H19NO4. The van der Waals surface area contributed by atoms with Crippen LogP contribution in [-0.2, 0) is 19.1 Å². The Bertz CT molecular complexity index is 236. The highest BCUT2D eigenvalue weighted by Crippen LogP contribution is 2.01. The normalized spacial score (nSPS) is 17.9. The second-order valence-corrected chi connectivity index (χ2v) is 4.38. The highest BCUT2D eigenvalue weighted by atomic mass is 16.6. The first-order chi connectivity index (χ1) is 7.58. The van der Waals surface area contributed by atoms with Gasteiger partial charge >= 0.3 is 11.9 Å². The second kappa shape index (κ2) is 6.60. The molecule has 16 heavy (non-hydrogen) atoms. The lowest BCUT2D eigenvalue weighted by Gasteiger charge is -2.23. The minimum absolute atomic E-state index is 0.204. The molecule has 0 unspecified atom stereocenters. The van der Waals surface area contributed by atoms with Crippen LogP contribution in [-0.4, -0.2) is 49.7 Å². The van der Waals surface area contributed by atoms with Gasteiger partial charge in [-0.15, -0.1) is 0 Å². The molecule has 0 aliphatic carbocycles. The smallest absolute Gasteiger partial charge is 0.327 e. The van der Waals surface area contributed by atoms with Crippen molar-refractivity contribution in [3.8, 4) is 0 Å². The van der Waals surface area contributed by atoms with Crippen molar-refractivity contribution in [1.82, 2.24) is 4.90 Å². The van der Waals surface area contributed by atoms with Crippen LogP contribution < -0.4 is 0 Å². The predicted molar refractivity (Wildman–Crippen MR) is 57.8 cm³/mol. The highest BCUT2D eigenvalue weighted by Gasteiger charge is 2.23. The third-order valence-electron chi connectivity index (χ3n) is 2.15. The molecule has 1 aliphatic rings. The average molecular weight is 229 g/mol. The van der Waals surface area contributed by atoms with Crippen LogP contribution in [0, 0.1) is 5.92 Å². The van der Waals surface area contributed by atoms with Crippen molar-refractivity contribution in [3.63, 3.8) is 0 Å². The maximum Gasteiger partial charge on any atom is 0.327 e. The van der Waals surface area contributed by atoms with Crippen LogP contribution in [0.25, 0.3) is 0 Å². The Morgan fingerprint density at radius 2 is 1.94 bits per heavy atom. The molecule has 5 heteroatoms. The zero-order valence-electron chi connectivity index (χ0n) is 9.90. The largest absolute Gasteiger partial charge is 0.391 e. The fraction of sp³-hybridized carbons (Fsp3) is 0.818. The third kappa shape index (κ3) is 5.23. The number of carbonyl (C=O) groups excluding carboxylic acids is 2. The van der Waals surface area contributed by atoms with Gasteiger partial charge in [-0.25, -0.2) is 0 Å². The quantitative estimate of drug-likeness (QED) is 0.375. The number of carbonyl (C=O) groups is 2. The molecule has 1 rings (SSSR count). The number of nitrogens with zero attached hydrogens (tertiary/aromatic N) is 1. The van der Waals surface area contributed by atoms with E-state index in [0.29, 0.717) is 19.1 Å². The fourth-order valence-electron chi connectivity index (χ4n) is 1.48. The van der Waals surface area contributed by atoms with Crippen molar-refractivity contribution >= 4 is 11.9 Å². The van der Waals surface area contributed by atoms with E-state index in [1.807, 2.05) is 0 Å². The van der Waals surface area contributed by atoms with Gasteiger partial charge in [-0.2, -0.15) is 0 Å². The van der Waals surface area contributed by atoms with E-state index in [9.17, 15) is 9.59 Å². The van der Waals surface area contributed by atoms with Crippen molar-refractivity contribution in [2.75, 3.05) is 32.8 Å². The van der Waals surface area contributed by atoms with E-state index < -0.39 is 11.9 Å². The Balaban J connectivity index is 2.08. The molecule has 1 aliphatic heterocycles. The predicted octanol–water partition coefficient (Wildman–Crippen LogP) is 0.434. The summed E-state index contributed by atoms with van der Waals surface area (Å²) in [4.78, 5) is 23.7.